The lowest BCUT2D eigenvalue weighted by Crippen LogP contribution is -2.71. The van der Waals surface area contributed by atoms with Gasteiger partial charge in [-0.3, -0.25) is 10.1 Å². The van der Waals surface area contributed by atoms with Gasteiger partial charge in [0.05, 0.1) is 6.20 Å². The molecule has 3 rings (SSSR count). The number of carbonyl (C=O) groups is 1. The number of hydrogen-bond acceptors (Lipinski definition) is 3. The van der Waals surface area contributed by atoms with Crippen LogP contribution in [0.1, 0.15) is 38.3 Å². The van der Waals surface area contributed by atoms with Gasteiger partial charge in [-0.1, -0.05) is 62.0 Å². The molecule has 0 fully saturated rings. The van der Waals surface area contributed by atoms with Crippen LogP contribution in [0.25, 0.3) is 5.57 Å². The highest BCUT2D eigenvalue weighted by Crippen LogP contribution is 2.33. The molecule has 4 heteroatoms. The molecule has 2 aromatic rings. The van der Waals surface area contributed by atoms with Crippen molar-refractivity contribution < 1.29 is 10.1 Å². The van der Waals surface area contributed by atoms with E-state index in [0.717, 1.165) is 18.7 Å². The first-order valence-corrected chi connectivity index (χ1v) is 11.1. The molecule has 0 saturated carbocycles. The predicted molar refractivity (Wildman–Crippen MR) is 126 cm³/mol. The summed E-state index contributed by atoms with van der Waals surface area (Å²) in [5, 5.41) is 2.39. The molecule has 0 atom stereocenters. The van der Waals surface area contributed by atoms with Crippen molar-refractivity contribution >= 4 is 33.8 Å². The molecule has 1 aliphatic heterocycles. The van der Waals surface area contributed by atoms with E-state index in [1.807, 2.05) is 0 Å². The van der Waals surface area contributed by atoms with Gasteiger partial charge in [0.25, 0.3) is 0 Å². The maximum Gasteiger partial charge on any atom is 0.185 e. The summed E-state index contributed by atoms with van der Waals surface area (Å²) in [6.45, 7) is 7.11. The van der Waals surface area contributed by atoms with Crippen molar-refractivity contribution in [1.29, 1.82) is 0 Å². The Labute approximate surface area is 178 Å². The molecule has 3 nitrogen and oxygen atoms in total. The molecule has 152 valence electrons. The molecule has 1 heterocycles. The van der Waals surface area contributed by atoms with Gasteiger partial charge in [0, 0.05) is 37.5 Å². The summed E-state index contributed by atoms with van der Waals surface area (Å²) in [6.07, 6.45) is 7.71. The summed E-state index contributed by atoms with van der Waals surface area (Å²) in [7, 11) is 2.07. The number of nitrogens with zero attached hydrogens (tertiary/aromatic N) is 1. The first kappa shape index (κ1) is 21.4. The molecule has 2 aromatic carbocycles. The number of fused-ring (bicyclic) bond motifs is 1. The minimum Gasteiger partial charge on any atom is -0.374 e. The standard InChI is InChI=1S/C25H30N2OS/c1-19(28)29-18-17-27(4)22-11-9-20(10-12-22)21-13-15-25(2,3)23-7-5-6-8-24(23)26-16-14-21/h5-14,16,26H,15,17-18H2,1-4H3/p+1/b16-14-,21-13+. The maximum atomic E-state index is 11.1. The number of nitrogens with two attached hydrogens (primary N) is 1. The third-order valence-electron chi connectivity index (χ3n) is 5.45. The lowest BCUT2D eigenvalue weighted by Gasteiger charge is -2.24. The predicted octanol–water partition coefficient (Wildman–Crippen LogP) is 4.88. The third-order valence-corrected chi connectivity index (χ3v) is 6.24. The minimum absolute atomic E-state index is 0.0822. The number of thioether (sulfide) groups is 1. The molecular weight excluding hydrogens is 376 g/mol. The van der Waals surface area contributed by atoms with Gasteiger partial charge in [0.2, 0.25) is 0 Å². The van der Waals surface area contributed by atoms with Gasteiger partial charge in [-0.15, -0.1) is 0 Å². The second-order valence-corrected chi connectivity index (χ2v) is 9.44. The van der Waals surface area contributed by atoms with E-state index >= 15 is 0 Å². The zero-order valence-corrected chi connectivity index (χ0v) is 18.6. The first-order chi connectivity index (χ1) is 13.9. The summed E-state index contributed by atoms with van der Waals surface area (Å²) in [5.41, 5.74) is 6.42. The van der Waals surface area contributed by atoms with E-state index in [4.69, 9.17) is 0 Å². The highest BCUT2D eigenvalue weighted by atomic mass is 32.2. The van der Waals surface area contributed by atoms with E-state index in [0.29, 0.717) is 0 Å². The first-order valence-electron chi connectivity index (χ1n) is 10.1. The molecule has 0 spiro atoms. The van der Waals surface area contributed by atoms with E-state index in [1.165, 1.54) is 39.8 Å². The summed E-state index contributed by atoms with van der Waals surface area (Å²) >= 11 is 1.38. The van der Waals surface area contributed by atoms with Gasteiger partial charge >= 0.3 is 0 Å². The number of rotatable bonds is 5. The second-order valence-electron chi connectivity index (χ2n) is 8.17. The largest absolute Gasteiger partial charge is 0.374 e. The number of carbonyl (C=O) groups excluding carboxylic acids is 1. The maximum absolute atomic E-state index is 11.1. The normalized spacial score (nSPS) is 18.4. The van der Waals surface area contributed by atoms with Gasteiger partial charge in [-0.05, 0) is 47.2 Å². The van der Waals surface area contributed by atoms with E-state index in [2.05, 4.69) is 98.0 Å². The average molecular weight is 408 g/mol. The number of anilines is 1. The highest BCUT2D eigenvalue weighted by Gasteiger charge is 2.25. The van der Waals surface area contributed by atoms with Crippen LogP contribution in [0.4, 0.5) is 11.4 Å². The minimum atomic E-state index is 0.0822. The van der Waals surface area contributed by atoms with Crippen molar-refractivity contribution in [2.24, 2.45) is 0 Å². The van der Waals surface area contributed by atoms with E-state index in [1.54, 1.807) is 6.92 Å². The molecular formula is C25H31N2OS+. The lowest BCUT2D eigenvalue weighted by atomic mass is 9.80. The van der Waals surface area contributed by atoms with Crippen molar-refractivity contribution in [1.82, 2.24) is 0 Å². The molecule has 0 saturated heterocycles. The summed E-state index contributed by atoms with van der Waals surface area (Å²) in [6, 6.07) is 17.4. The van der Waals surface area contributed by atoms with Gasteiger partial charge < -0.3 is 4.90 Å². The van der Waals surface area contributed by atoms with Crippen molar-refractivity contribution in [3.05, 3.63) is 78.0 Å². The highest BCUT2D eigenvalue weighted by molar-refractivity contribution is 8.13. The van der Waals surface area contributed by atoms with Gasteiger partial charge in [-0.25, -0.2) is 0 Å². The number of benzene rings is 2. The Kier molecular flexibility index (Phi) is 6.99. The van der Waals surface area contributed by atoms with Crippen LogP contribution in [0.15, 0.2) is 66.9 Å². The van der Waals surface area contributed by atoms with Crippen molar-refractivity contribution in [3.63, 3.8) is 0 Å². The molecule has 0 aromatic heterocycles. The summed E-state index contributed by atoms with van der Waals surface area (Å²) in [5.74, 6) is 0.812. The summed E-state index contributed by atoms with van der Waals surface area (Å²) < 4.78 is 0. The quantitative estimate of drug-likeness (QED) is 0.718. The summed E-state index contributed by atoms with van der Waals surface area (Å²) in [4.78, 5) is 13.3. The van der Waals surface area contributed by atoms with E-state index in [-0.39, 0.29) is 10.5 Å². The second kappa shape index (κ2) is 9.47. The fourth-order valence-electron chi connectivity index (χ4n) is 3.64. The average Bonchev–Trinajstić information content (AvgIpc) is 2.76. The zero-order valence-electron chi connectivity index (χ0n) is 17.8. The van der Waals surface area contributed by atoms with Crippen LogP contribution in [0, 0.1) is 0 Å². The van der Waals surface area contributed by atoms with Gasteiger partial charge in [-0.2, -0.15) is 0 Å². The third kappa shape index (κ3) is 5.62. The van der Waals surface area contributed by atoms with Crippen molar-refractivity contribution in [2.75, 3.05) is 24.2 Å². The Morgan fingerprint density at radius 1 is 1.14 bits per heavy atom. The molecule has 0 radical (unpaired) electrons. The lowest BCUT2D eigenvalue weighted by molar-refractivity contribution is -0.497. The van der Waals surface area contributed by atoms with Crippen LogP contribution < -0.4 is 10.2 Å². The van der Waals surface area contributed by atoms with Crippen molar-refractivity contribution in [2.45, 2.75) is 32.6 Å². The monoisotopic (exact) mass is 407 g/mol. The fourth-order valence-corrected chi connectivity index (χ4v) is 4.29. The molecule has 0 amide bonds. The Morgan fingerprint density at radius 3 is 2.59 bits per heavy atom. The van der Waals surface area contributed by atoms with Crippen LogP contribution in [0.2, 0.25) is 0 Å². The fraction of sp³-hybridized carbons (Fsp3) is 0.320. The van der Waals surface area contributed by atoms with Gasteiger partial charge in [0.15, 0.2) is 5.12 Å². The van der Waals surface area contributed by atoms with Crippen LogP contribution >= 0.6 is 11.8 Å². The van der Waals surface area contributed by atoms with Gasteiger partial charge in [0.1, 0.15) is 5.69 Å². The molecule has 0 bridgehead atoms. The molecule has 0 aliphatic carbocycles. The number of para-hydroxylation sites is 1. The van der Waals surface area contributed by atoms with Crippen LogP contribution in [0.5, 0.6) is 0 Å². The SMILES string of the molecule is CC(=O)SCCN(C)c1ccc(C2=C/CC(C)(C)c3ccccc3[NH2+]/C=C\2)cc1. The van der Waals surface area contributed by atoms with E-state index < -0.39 is 0 Å². The van der Waals surface area contributed by atoms with Crippen LogP contribution in [0.3, 0.4) is 0 Å². The number of allylic oxidation sites excluding steroid dienone is 3. The zero-order chi connectivity index (χ0) is 20.9. The molecule has 1 aliphatic rings. The van der Waals surface area contributed by atoms with E-state index in [9.17, 15) is 4.79 Å². The Bertz CT molecular complexity index is 913. The molecule has 29 heavy (non-hydrogen) atoms. The molecule has 2 N–H and O–H groups in total. The topological polar surface area (TPSA) is 36.9 Å². The number of quaternary nitrogens is 1. The van der Waals surface area contributed by atoms with Crippen LogP contribution in [-0.4, -0.2) is 24.5 Å². The Balaban J connectivity index is 1.76. The number of hydrogen-bond donors (Lipinski definition) is 1. The van der Waals surface area contributed by atoms with Crippen LogP contribution in [-0.2, 0) is 10.2 Å². The Hall–Kier alpha value is -2.30. The smallest absolute Gasteiger partial charge is 0.185 e. The van der Waals surface area contributed by atoms with Crippen molar-refractivity contribution in [3.8, 4) is 0 Å². The molecule has 0 unspecified atom stereocenters. The Morgan fingerprint density at radius 2 is 1.86 bits per heavy atom.